The van der Waals surface area contributed by atoms with Gasteiger partial charge in [-0.25, -0.2) is 13.6 Å². The van der Waals surface area contributed by atoms with Crippen LogP contribution in [0.15, 0.2) is 36.4 Å². The number of amides is 1. The molecule has 0 aliphatic rings. The number of benzene rings is 2. The van der Waals surface area contributed by atoms with Crippen LogP contribution in [0.2, 0.25) is 0 Å². The molecule has 0 aromatic heterocycles. The van der Waals surface area contributed by atoms with Crippen LogP contribution in [0.25, 0.3) is 0 Å². The minimum Gasteiger partial charge on any atom is -0.490 e. The van der Waals surface area contributed by atoms with Gasteiger partial charge in [0, 0.05) is 6.07 Å². The van der Waals surface area contributed by atoms with E-state index in [9.17, 15) is 18.4 Å². The Balaban J connectivity index is 2.07. The number of hydrogen-bond acceptors (Lipinski definition) is 5. The van der Waals surface area contributed by atoms with Crippen LogP contribution in [0.3, 0.4) is 0 Å². The summed E-state index contributed by atoms with van der Waals surface area (Å²) in [6.45, 7) is 5.96. The fourth-order valence-corrected chi connectivity index (χ4v) is 2.34. The first-order valence-corrected chi connectivity index (χ1v) is 9.22. The molecule has 0 heterocycles. The lowest BCUT2D eigenvalue weighted by Crippen LogP contribution is -2.30. The second kappa shape index (κ2) is 10.4. The van der Waals surface area contributed by atoms with Crippen molar-refractivity contribution in [2.24, 2.45) is 0 Å². The number of rotatable bonds is 9. The normalized spacial score (nSPS) is 11.5. The standard InChI is InChI=1S/C21H23F2NO5/c1-4-10-28-18-9-6-14(11-19(18)27-5-2)21(26)29-13(3)20(25)24-17-12-15(22)7-8-16(17)23/h6-9,11-13H,4-5,10H2,1-3H3,(H,24,25)/t13-/m1/s1. The molecule has 0 aliphatic carbocycles. The predicted octanol–water partition coefficient (Wildman–Crippen LogP) is 4.34. The van der Waals surface area contributed by atoms with Crippen molar-refractivity contribution in [2.75, 3.05) is 18.5 Å². The molecule has 0 spiro atoms. The highest BCUT2D eigenvalue weighted by atomic mass is 19.1. The molecule has 1 atom stereocenters. The first-order chi connectivity index (χ1) is 13.8. The number of esters is 1. The zero-order valence-electron chi connectivity index (χ0n) is 16.5. The number of carbonyl (C=O) groups excluding carboxylic acids is 2. The van der Waals surface area contributed by atoms with Crippen LogP contribution >= 0.6 is 0 Å². The molecule has 29 heavy (non-hydrogen) atoms. The second-order valence-corrected chi connectivity index (χ2v) is 6.10. The van der Waals surface area contributed by atoms with Gasteiger partial charge in [-0.15, -0.1) is 0 Å². The molecule has 0 saturated heterocycles. The van der Waals surface area contributed by atoms with Gasteiger partial charge in [-0.05, 0) is 50.6 Å². The minimum absolute atomic E-state index is 0.161. The van der Waals surface area contributed by atoms with E-state index in [0.29, 0.717) is 24.7 Å². The van der Waals surface area contributed by atoms with Crippen molar-refractivity contribution in [1.82, 2.24) is 0 Å². The Hall–Kier alpha value is -3.16. The van der Waals surface area contributed by atoms with Gasteiger partial charge in [0.1, 0.15) is 11.6 Å². The summed E-state index contributed by atoms with van der Waals surface area (Å²) in [7, 11) is 0. The molecule has 0 aliphatic heterocycles. The van der Waals surface area contributed by atoms with Crippen LogP contribution < -0.4 is 14.8 Å². The van der Waals surface area contributed by atoms with Gasteiger partial charge in [-0.3, -0.25) is 4.79 Å². The number of carbonyl (C=O) groups is 2. The van der Waals surface area contributed by atoms with E-state index in [1.165, 1.54) is 19.1 Å². The first-order valence-electron chi connectivity index (χ1n) is 9.22. The molecule has 1 N–H and O–H groups in total. The van der Waals surface area contributed by atoms with Crippen LogP contribution in [0.4, 0.5) is 14.5 Å². The van der Waals surface area contributed by atoms with Gasteiger partial charge in [0.25, 0.3) is 5.91 Å². The van der Waals surface area contributed by atoms with Crippen molar-refractivity contribution in [2.45, 2.75) is 33.3 Å². The lowest BCUT2D eigenvalue weighted by Gasteiger charge is -2.15. The maximum atomic E-state index is 13.6. The molecule has 2 aromatic carbocycles. The van der Waals surface area contributed by atoms with Gasteiger partial charge >= 0.3 is 5.97 Å². The fourth-order valence-electron chi connectivity index (χ4n) is 2.34. The minimum atomic E-state index is -1.24. The zero-order valence-corrected chi connectivity index (χ0v) is 16.5. The van der Waals surface area contributed by atoms with E-state index in [0.717, 1.165) is 24.6 Å². The summed E-state index contributed by atoms with van der Waals surface area (Å²) in [5.74, 6) is -2.19. The lowest BCUT2D eigenvalue weighted by molar-refractivity contribution is -0.123. The lowest BCUT2D eigenvalue weighted by atomic mass is 10.2. The Morgan fingerprint density at radius 2 is 1.79 bits per heavy atom. The van der Waals surface area contributed by atoms with Crippen molar-refractivity contribution in [3.63, 3.8) is 0 Å². The monoisotopic (exact) mass is 407 g/mol. The summed E-state index contributed by atoms with van der Waals surface area (Å²) in [5.41, 5.74) is -0.178. The molecule has 156 valence electrons. The van der Waals surface area contributed by atoms with Crippen LogP contribution in [-0.2, 0) is 9.53 Å². The summed E-state index contributed by atoms with van der Waals surface area (Å²) in [6.07, 6.45) is -0.426. The van der Waals surface area contributed by atoms with E-state index in [-0.39, 0.29) is 11.3 Å². The maximum absolute atomic E-state index is 13.6. The highest BCUT2D eigenvalue weighted by Crippen LogP contribution is 2.29. The number of halogens is 2. The maximum Gasteiger partial charge on any atom is 0.339 e. The predicted molar refractivity (Wildman–Crippen MR) is 103 cm³/mol. The SMILES string of the molecule is CCCOc1ccc(C(=O)O[C@H](C)C(=O)Nc2cc(F)ccc2F)cc1OCC. The molecule has 6 nitrogen and oxygen atoms in total. The molecule has 0 fully saturated rings. The van der Waals surface area contributed by atoms with Gasteiger partial charge in [-0.1, -0.05) is 6.92 Å². The molecular weight excluding hydrogens is 384 g/mol. The fraction of sp³-hybridized carbons (Fsp3) is 0.333. The molecule has 8 heteroatoms. The molecule has 0 radical (unpaired) electrons. The summed E-state index contributed by atoms with van der Waals surface area (Å²) in [5, 5.41) is 2.20. The molecule has 2 rings (SSSR count). The molecule has 0 saturated carbocycles. The molecule has 0 bridgehead atoms. The average Bonchev–Trinajstić information content (AvgIpc) is 2.69. The van der Waals surface area contributed by atoms with E-state index < -0.39 is 29.6 Å². The first kappa shape index (κ1) is 22.1. The Kier molecular flexibility index (Phi) is 7.94. The van der Waals surface area contributed by atoms with Crippen molar-refractivity contribution < 1.29 is 32.6 Å². The van der Waals surface area contributed by atoms with E-state index in [1.807, 2.05) is 6.92 Å². The number of hydrogen-bond donors (Lipinski definition) is 1. The summed E-state index contributed by atoms with van der Waals surface area (Å²) in [4.78, 5) is 24.5. The van der Waals surface area contributed by atoms with Crippen LogP contribution in [0.1, 0.15) is 37.6 Å². The Morgan fingerprint density at radius 1 is 1.03 bits per heavy atom. The summed E-state index contributed by atoms with van der Waals surface area (Å²) >= 11 is 0. The largest absolute Gasteiger partial charge is 0.490 e. The highest BCUT2D eigenvalue weighted by Gasteiger charge is 2.21. The van der Waals surface area contributed by atoms with Gasteiger partial charge in [0.05, 0.1) is 24.5 Å². The molecular formula is C21H23F2NO5. The Bertz CT molecular complexity index is 872. The highest BCUT2D eigenvalue weighted by molar-refractivity contribution is 5.97. The average molecular weight is 407 g/mol. The Morgan fingerprint density at radius 3 is 2.48 bits per heavy atom. The van der Waals surface area contributed by atoms with E-state index in [4.69, 9.17) is 14.2 Å². The van der Waals surface area contributed by atoms with Crippen LogP contribution in [-0.4, -0.2) is 31.2 Å². The molecule has 2 aromatic rings. The topological polar surface area (TPSA) is 73.9 Å². The third-order valence-electron chi connectivity index (χ3n) is 3.78. The van der Waals surface area contributed by atoms with E-state index in [2.05, 4.69) is 5.32 Å². The van der Waals surface area contributed by atoms with Crippen molar-refractivity contribution in [1.29, 1.82) is 0 Å². The molecule has 1 amide bonds. The van der Waals surface area contributed by atoms with Crippen molar-refractivity contribution in [3.8, 4) is 11.5 Å². The van der Waals surface area contributed by atoms with E-state index >= 15 is 0 Å². The number of nitrogens with one attached hydrogen (secondary N) is 1. The third kappa shape index (κ3) is 6.17. The second-order valence-electron chi connectivity index (χ2n) is 6.10. The van der Waals surface area contributed by atoms with Gasteiger partial charge in [0.2, 0.25) is 0 Å². The summed E-state index contributed by atoms with van der Waals surface area (Å²) < 4.78 is 43.1. The Labute approximate surface area is 167 Å². The third-order valence-corrected chi connectivity index (χ3v) is 3.78. The summed E-state index contributed by atoms with van der Waals surface area (Å²) in [6, 6.07) is 7.20. The van der Waals surface area contributed by atoms with Crippen molar-refractivity contribution in [3.05, 3.63) is 53.6 Å². The van der Waals surface area contributed by atoms with Crippen molar-refractivity contribution >= 4 is 17.6 Å². The van der Waals surface area contributed by atoms with Crippen LogP contribution in [0, 0.1) is 11.6 Å². The van der Waals surface area contributed by atoms with Crippen LogP contribution in [0.5, 0.6) is 11.5 Å². The smallest absolute Gasteiger partial charge is 0.339 e. The number of anilines is 1. The van der Waals surface area contributed by atoms with Gasteiger partial charge in [0.15, 0.2) is 17.6 Å². The van der Waals surface area contributed by atoms with Gasteiger partial charge < -0.3 is 19.5 Å². The quantitative estimate of drug-likeness (QED) is 0.626. The van der Waals surface area contributed by atoms with Gasteiger partial charge in [-0.2, -0.15) is 0 Å². The molecule has 0 unspecified atom stereocenters. The number of ether oxygens (including phenoxy) is 3. The van der Waals surface area contributed by atoms with E-state index in [1.54, 1.807) is 13.0 Å². The zero-order chi connectivity index (χ0) is 21.4.